The molecule has 0 bridgehead atoms. The molecule has 0 unspecified atom stereocenters. The van der Waals surface area contributed by atoms with Crippen molar-refractivity contribution in [2.45, 2.75) is 38.1 Å². The zero-order valence-corrected chi connectivity index (χ0v) is 18.4. The third-order valence-electron chi connectivity index (χ3n) is 4.82. The second-order valence-electron chi connectivity index (χ2n) is 7.02. The first-order valence-electron chi connectivity index (χ1n) is 9.53. The number of hydrogen-bond acceptors (Lipinski definition) is 5. The quantitative estimate of drug-likeness (QED) is 0.456. The van der Waals surface area contributed by atoms with Crippen molar-refractivity contribution in [1.82, 2.24) is 10.3 Å². The van der Waals surface area contributed by atoms with Crippen LogP contribution in [0.3, 0.4) is 0 Å². The van der Waals surface area contributed by atoms with Gasteiger partial charge < -0.3 is 14.7 Å². The second kappa shape index (κ2) is 9.18. The van der Waals surface area contributed by atoms with E-state index in [0.29, 0.717) is 37.3 Å². The van der Waals surface area contributed by atoms with E-state index in [4.69, 9.17) is 21.2 Å². The van der Waals surface area contributed by atoms with Crippen LogP contribution in [0, 0.1) is 6.92 Å². The molecule has 0 aliphatic carbocycles. The number of pyridine rings is 1. The van der Waals surface area contributed by atoms with Crippen molar-refractivity contribution in [1.29, 1.82) is 0 Å². The zero-order chi connectivity index (χ0) is 21.9. The molecule has 0 aliphatic heterocycles. The largest absolute Gasteiger partial charge is 0.460 e. The molecule has 0 saturated carbocycles. The van der Waals surface area contributed by atoms with Crippen LogP contribution in [0.4, 0.5) is 0 Å². The molecule has 0 fully saturated rings. The molecule has 160 valence electrons. The summed E-state index contributed by atoms with van der Waals surface area (Å²) in [5.74, 6) is 1.46. The maximum absolute atomic E-state index is 11.9. The molecule has 7 nitrogen and oxygen atoms in total. The van der Waals surface area contributed by atoms with Gasteiger partial charge in [0.2, 0.25) is 10.0 Å². The zero-order valence-electron chi connectivity index (χ0n) is 16.8. The summed E-state index contributed by atoms with van der Waals surface area (Å²) >= 11 is 5.91. The monoisotopic (exact) mass is 449 g/mol. The average molecular weight is 450 g/mol. The first-order valence-corrected chi connectivity index (χ1v) is 11.4. The van der Waals surface area contributed by atoms with Gasteiger partial charge in [-0.1, -0.05) is 24.6 Å². The van der Waals surface area contributed by atoms with Crippen molar-refractivity contribution >= 4 is 21.6 Å². The summed E-state index contributed by atoms with van der Waals surface area (Å²) in [6.45, 7) is 4.91. The highest BCUT2D eigenvalue weighted by molar-refractivity contribution is 7.89. The standard InChI is InChI=1S/C21H24ClN3O4S/c1-3-15-11-17(13(2)25-21(15)26)19-7-5-16(29-19)12-24-9-8-14-4-6-18(22)20(10-14)30(23,27)28/h4-7,10-11,24H,3,8-9,12H2,1-2H3,(H,25,26)(H2,23,27,28). The molecule has 0 spiro atoms. The fraction of sp³-hybridized carbons (Fsp3) is 0.286. The van der Waals surface area contributed by atoms with Crippen LogP contribution in [-0.2, 0) is 29.4 Å². The van der Waals surface area contributed by atoms with Crippen LogP contribution in [-0.4, -0.2) is 19.9 Å². The Labute approximate surface area is 180 Å². The summed E-state index contributed by atoms with van der Waals surface area (Å²) in [5, 5.41) is 8.57. The normalized spacial score (nSPS) is 11.7. The highest BCUT2D eigenvalue weighted by Crippen LogP contribution is 2.25. The predicted octanol–water partition coefficient (Wildman–Crippen LogP) is 3.14. The van der Waals surface area contributed by atoms with Crippen molar-refractivity contribution in [2.24, 2.45) is 5.14 Å². The van der Waals surface area contributed by atoms with Gasteiger partial charge in [0.1, 0.15) is 16.4 Å². The van der Waals surface area contributed by atoms with Crippen LogP contribution in [0.5, 0.6) is 0 Å². The minimum atomic E-state index is -3.85. The van der Waals surface area contributed by atoms with Crippen molar-refractivity contribution in [3.8, 4) is 11.3 Å². The summed E-state index contributed by atoms with van der Waals surface area (Å²) in [7, 11) is -3.85. The SMILES string of the molecule is CCc1cc(-c2ccc(CNCCc3ccc(Cl)c(S(N)(=O)=O)c3)o2)c(C)[nH]c1=O. The Balaban J connectivity index is 1.62. The van der Waals surface area contributed by atoms with Crippen LogP contribution in [0.15, 0.2) is 50.5 Å². The molecular weight excluding hydrogens is 426 g/mol. The van der Waals surface area contributed by atoms with Crippen LogP contribution in [0.1, 0.15) is 29.5 Å². The van der Waals surface area contributed by atoms with E-state index in [1.807, 2.05) is 32.0 Å². The number of sulfonamides is 1. The summed E-state index contributed by atoms with van der Waals surface area (Å²) in [6, 6.07) is 10.4. The van der Waals surface area contributed by atoms with Crippen LogP contribution in [0.2, 0.25) is 5.02 Å². The maximum Gasteiger partial charge on any atom is 0.251 e. The Bertz CT molecular complexity index is 1220. The number of furan rings is 1. The molecule has 1 aromatic carbocycles. The van der Waals surface area contributed by atoms with Gasteiger partial charge in [-0.3, -0.25) is 4.79 Å². The van der Waals surface area contributed by atoms with Gasteiger partial charge in [0.25, 0.3) is 5.56 Å². The van der Waals surface area contributed by atoms with E-state index < -0.39 is 10.0 Å². The van der Waals surface area contributed by atoms with E-state index in [0.717, 1.165) is 22.6 Å². The molecule has 2 aromatic heterocycles. The van der Waals surface area contributed by atoms with Crippen molar-refractivity contribution in [3.05, 3.63) is 74.4 Å². The average Bonchev–Trinajstić information content (AvgIpc) is 3.14. The number of benzene rings is 1. The lowest BCUT2D eigenvalue weighted by Crippen LogP contribution is -2.17. The number of rotatable bonds is 8. The van der Waals surface area contributed by atoms with Crippen molar-refractivity contribution in [2.75, 3.05) is 6.54 Å². The minimum absolute atomic E-state index is 0.0694. The van der Waals surface area contributed by atoms with Gasteiger partial charge in [-0.05, 0) is 62.2 Å². The van der Waals surface area contributed by atoms with Gasteiger partial charge in [0.05, 0.1) is 11.6 Å². The molecule has 0 saturated heterocycles. The molecule has 2 heterocycles. The Morgan fingerprint density at radius 3 is 2.67 bits per heavy atom. The van der Waals surface area contributed by atoms with Crippen LogP contribution >= 0.6 is 11.6 Å². The fourth-order valence-corrected chi connectivity index (χ4v) is 4.26. The number of primary sulfonamides is 1. The first-order chi connectivity index (χ1) is 14.2. The highest BCUT2D eigenvalue weighted by Gasteiger charge is 2.14. The van der Waals surface area contributed by atoms with Crippen molar-refractivity contribution < 1.29 is 12.8 Å². The number of aromatic nitrogens is 1. The Kier molecular flexibility index (Phi) is 6.82. The van der Waals surface area contributed by atoms with E-state index in [9.17, 15) is 13.2 Å². The third kappa shape index (κ3) is 5.20. The number of aromatic amines is 1. The van der Waals surface area contributed by atoms with Gasteiger partial charge in [0.15, 0.2) is 0 Å². The topological polar surface area (TPSA) is 118 Å². The highest BCUT2D eigenvalue weighted by atomic mass is 35.5. The van der Waals surface area contributed by atoms with Crippen LogP contribution < -0.4 is 16.0 Å². The third-order valence-corrected chi connectivity index (χ3v) is 6.21. The van der Waals surface area contributed by atoms with Gasteiger partial charge in [0, 0.05) is 16.8 Å². The maximum atomic E-state index is 11.9. The molecule has 0 radical (unpaired) electrons. The molecule has 9 heteroatoms. The Morgan fingerprint density at radius 1 is 1.20 bits per heavy atom. The van der Waals surface area contributed by atoms with Gasteiger partial charge in [-0.15, -0.1) is 0 Å². The number of halogens is 1. The van der Waals surface area contributed by atoms with Crippen molar-refractivity contribution in [3.63, 3.8) is 0 Å². The predicted molar refractivity (Wildman–Crippen MR) is 117 cm³/mol. The number of hydrogen-bond donors (Lipinski definition) is 3. The van der Waals surface area contributed by atoms with Crippen LogP contribution in [0.25, 0.3) is 11.3 Å². The van der Waals surface area contributed by atoms with Gasteiger partial charge in [-0.2, -0.15) is 0 Å². The molecule has 0 amide bonds. The lowest BCUT2D eigenvalue weighted by Gasteiger charge is -2.07. The summed E-state index contributed by atoms with van der Waals surface area (Å²) < 4.78 is 29.1. The Morgan fingerprint density at radius 2 is 1.97 bits per heavy atom. The molecule has 0 aliphatic rings. The lowest BCUT2D eigenvalue weighted by molar-refractivity contribution is 0.494. The summed E-state index contributed by atoms with van der Waals surface area (Å²) in [6.07, 6.45) is 1.25. The number of aryl methyl sites for hydroxylation is 2. The summed E-state index contributed by atoms with van der Waals surface area (Å²) in [5.41, 5.74) is 3.09. The molecule has 4 N–H and O–H groups in total. The van der Waals surface area contributed by atoms with Gasteiger partial charge in [-0.25, -0.2) is 13.6 Å². The number of nitrogens with one attached hydrogen (secondary N) is 2. The van der Waals surface area contributed by atoms with E-state index in [1.165, 1.54) is 12.1 Å². The number of nitrogens with two attached hydrogens (primary N) is 1. The summed E-state index contributed by atoms with van der Waals surface area (Å²) in [4.78, 5) is 14.7. The number of H-pyrrole nitrogens is 1. The van der Waals surface area contributed by atoms with E-state index >= 15 is 0 Å². The fourth-order valence-electron chi connectivity index (χ4n) is 3.17. The molecule has 3 rings (SSSR count). The Hall–Kier alpha value is -2.39. The smallest absolute Gasteiger partial charge is 0.251 e. The van der Waals surface area contributed by atoms with E-state index in [-0.39, 0.29) is 15.5 Å². The molecule has 30 heavy (non-hydrogen) atoms. The van der Waals surface area contributed by atoms with E-state index in [2.05, 4.69) is 10.3 Å². The lowest BCUT2D eigenvalue weighted by atomic mass is 10.1. The minimum Gasteiger partial charge on any atom is -0.460 e. The molecule has 0 atom stereocenters. The van der Waals surface area contributed by atoms with Gasteiger partial charge >= 0.3 is 0 Å². The second-order valence-corrected chi connectivity index (χ2v) is 8.96. The first kappa shape index (κ1) is 22.3. The van der Waals surface area contributed by atoms with E-state index in [1.54, 1.807) is 6.07 Å². The molecule has 3 aromatic rings. The molecular formula is C21H24ClN3O4S.